The maximum atomic E-state index is 10.7. The molecule has 3 heterocycles. The van der Waals surface area contributed by atoms with Gasteiger partial charge >= 0.3 is 11.0 Å². The van der Waals surface area contributed by atoms with Crippen molar-refractivity contribution in [3.8, 4) is 22.8 Å². The van der Waals surface area contributed by atoms with Gasteiger partial charge in [0.1, 0.15) is 14.1 Å². The normalized spacial score (nSPS) is 12.4. The molecule has 3 aromatic heterocycles. The predicted octanol–water partition coefficient (Wildman–Crippen LogP) is 0.183. The van der Waals surface area contributed by atoms with Gasteiger partial charge in [-0.3, -0.25) is 4.68 Å². The number of aryl methyl sites for hydroxylation is 4. The second-order valence-electron chi connectivity index (χ2n) is 7.64. The van der Waals surface area contributed by atoms with E-state index in [1.807, 2.05) is 62.1 Å². The summed E-state index contributed by atoms with van der Waals surface area (Å²) in [6, 6.07) is 8.20. The molecule has 0 bridgehead atoms. The van der Waals surface area contributed by atoms with Crippen molar-refractivity contribution in [1.29, 1.82) is 0 Å². The summed E-state index contributed by atoms with van der Waals surface area (Å²) >= 11 is 0. The van der Waals surface area contributed by atoms with Crippen molar-refractivity contribution in [3.63, 3.8) is 0 Å². The van der Waals surface area contributed by atoms with Crippen LogP contribution in [0.4, 0.5) is 26.3 Å². The fourth-order valence-electron chi connectivity index (χ4n) is 3.03. The number of alkyl halides is 6. The van der Waals surface area contributed by atoms with E-state index in [0.717, 1.165) is 33.5 Å². The quantitative estimate of drug-likeness (QED) is 0.130. The number of aromatic nitrogens is 8. The van der Waals surface area contributed by atoms with Crippen molar-refractivity contribution in [2.45, 2.75) is 11.0 Å². The molecule has 0 unspecified atom stereocenters. The van der Waals surface area contributed by atoms with E-state index >= 15 is 0 Å². The van der Waals surface area contributed by atoms with Crippen LogP contribution in [0.3, 0.4) is 0 Å². The minimum atomic E-state index is -6.09. The predicted molar refractivity (Wildman–Crippen MR) is 118 cm³/mol. The van der Waals surface area contributed by atoms with Crippen LogP contribution in [0.2, 0.25) is 0 Å². The summed E-state index contributed by atoms with van der Waals surface area (Å²) in [6.45, 7) is 0. The molecule has 22 heteroatoms. The van der Waals surface area contributed by atoms with Crippen molar-refractivity contribution >= 4 is 31.0 Å². The van der Waals surface area contributed by atoms with E-state index < -0.39 is 31.3 Å². The Morgan fingerprint density at radius 1 is 0.875 bits per heavy atom. The van der Waals surface area contributed by atoms with Crippen molar-refractivity contribution in [2.24, 2.45) is 28.2 Å². The smallest absolute Gasteiger partial charge is 0.485 e. The highest BCUT2D eigenvalue weighted by atomic mass is 32.2. The molecule has 4 rings (SSSR count). The van der Waals surface area contributed by atoms with Gasteiger partial charge in [-0.2, -0.15) is 26.3 Å². The van der Waals surface area contributed by atoms with Crippen LogP contribution in [0.15, 0.2) is 36.7 Å². The zero-order chi connectivity index (χ0) is 30.8. The van der Waals surface area contributed by atoms with E-state index in [0.29, 0.717) is 0 Å². The average molecular weight is 621 g/mol. The van der Waals surface area contributed by atoms with Crippen LogP contribution in [0.1, 0.15) is 0 Å². The van der Waals surface area contributed by atoms with Gasteiger partial charge in [0.05, 0.1) is 16.8 Å². The summed E-state index contributed by atoms with van der Waals surface area (Å²) in [6.07, 6.45) is 3.87. The third kappa shape index (κ3) is 7.67. The lowest BCUT2D eigenvalue weighted by Crippen LogP contribution is -2.36. The van der Waals surface area contributed by atoms with Crippen molar-refractivity contribution in [3.05, 3.63) is 36.7 Å². The molecule has 1 aromatic carbocycles. The standard InChI is InChI=1S/C16H18N8.2CHF3O3S/c1-21-9-13(17-19-21)16-12-8-6-5-7-11(12)15(18-24(16)4)14-10-22(2)20-23(14)3;2*2-1(3,4)8(5,6)7/h5-10H,1-4H3;2*(H,5,6,7)/q+2;;/p-2. The molecule has 0 aliphatic rings. The highest BCUT2D eigenvalue weighted by molar-refractivity contribution is 7.86. The lowest BCUT2D eigenvalue weighted by Gasteiger charge is -2.08. The van der Waals surface area contributed by atoms with Crippen molar-refractivity contribution in [1.82, 2.24) is 30.0 Å². The van der Waals surface area contributed by atoms with Crippen molar-refractivity contribution < 1.29 is 61.6 Å². The molecule has 4 aromatic rings. The molecular weight excluding hydrogens is 602 g/mol. The third-order valence-electron chi connectivity index (χ3n) is 4.60. The topological polar surface area (TPSA) is 184 Å². The second kappa shape index (κ2) is 11.4. The molecule has 40 heavy (non-hydrogen) atoms. The monoisotopic (exact) mass is 620 g/mol. The van der Waals surface area contributed by atoms with Gasteiger partial charge in [0.15, 0.2) is 44.9 Å². The third-order valence-corrected chi connectivity index (χ3v) is 5.73. The SMILES string of the molecule is Cn1cc(-c2c3ccccc3c(-c3c[n+](C)nn3C)n[n+]2C)nn1.O=S(=O)([O-])C(F)(F)F.O=S(=O)([O-])C(F)(F)F. The maximum absolute atomic E-state index is 10.7. The Morgan fingerprint density at radius 2 is 1.35 bits per heavy atom. The van der Waals surface area contributed by atoms with Gasteiger partial charge in [0, 0.05) is 17.5 Å². The molecule has 14 nitrogen and oxygen atoms in total. The fraction of sp³-hybridized carbons (Fsp3) is 0.333. The largest absolute Gasteiger partial charge is 0.741 e. The summed E-state index contributed by atoms with van der Waals surface area (Å²) in [7, 11) is -4.57. The minimum Gasteiger partial charge on any atom is -0.741 e. The number of halogens is 6. The average Bonchev–Trinajstić information content (AvgIpc) is 3.35. The molecule has 0 fully saturated rings. The Balaban J connectivity index is 0.000000290. The summed E-state index contributed by atoms with van der Waals surface area (Å²) in [5, 5.41) is 19.6. The van der Waals surface area contributed by atoms with Gasteiger partial charge in [0.25, 0.3) is 5.69 Å². The second-order valence-corrected chi connectivity index (χ2v) is 10.4. The van der Waals surface area contributed by atoms with Crippen LogP contribution in [0.25, 0.3) is 33.5 Å². The number of hydrogen-bond acceptors (Lipinski definition) is 10. The lowest BCUT2D eigenvalue weighted by molar-refractivity contribution is -0.732. The van der Waals surface area contributed by atoms with E-state index in [1.165, 1.54) is 0 Å². The number of fused-ring (bicyclic) bond motifs is 1. The summed E-state index contributed by atoms with van der Waals surface area (Å²) in [5.74, 6) is 0. The van der Waals surface area contributed by atoms with E-state index in [-0.39, 0.29) is 0 Å². The minimum absolute atomic E-state index is 0.797. The molecule has 0 atom stereocenters. The number of nitrogens with zero attached hydrogens (tertiary/aromatic N) is 8. The molecule has 0 amide bonds. The van der Waals surface area contributed by atoms with Gasteiger partial charge in [-0.1, -0.05) is 28.1 Å². The molecule has 0 radical (unpaired) electrons. The van der Waals surface area contributed by atoms with Crippen LogP contribution in [0, 0.1) is 0 Å². The molecule has 0 aliphatic carbocycles. The highest BCUT2D eigenvalue weighted by Gasteiger charge is 2.37. The Hall–Kier alpha value is -3.76. The van der Waals surface area contributed by atoms with Crippen LogP contribution in [0.5, 0.6) is 0 Å². The Bertz CT molecular complexity index is 1690. The number of rotatable bonds is 2. The first-order valence-electron chi connectivity index (χ1n) is 10.1. The van der Waals surface area contributed by atoms with Crippen LogP contribution in [-0.4, -0.2) is 66.9 Å². The van der Waals surface area contributed by atoms with E-state index in [1.54, 1.807) is 9.36 Å². The van der Waals surface area contributed by atoms with E-state index in [2.05, 4.69) is 27.7 Å². The molecule has 0 spiro atoms. The van der Waals surface area contributed by atoms with Gasteiger partial charge in [-0.05, 0) is 6.07 Å². The zero-order valence-corrected chi connectivity index (χ0v) is 22.2. The highest BCUT2D eigenvalue weighted by Crippen LogP contribution is 2.29. The lowest BCUT2D eigenvalue weighted by atomic mass is 10.1. The zero-order valence-electron chi connectivity index (χ0n) is 20.6. The molecule has 0 saturated heterocycles. The molecule has 0 N–H and O–H groups in total. The maximum Gasteiger partial charge on any atom is 0.485 e. The number of benzene rings is 1. The molecule has 220 valence electrons. The molecule has 0 saturated carbocycles. The fourth-order valence-corrected chi connectivity index (χ4v) is 3.03. The summed E-state index contributed by atoms with van der Waals surface area (Å²) in [5.41, 5.74) is -7.72. The first kappa shape index (κ1) is 32.5. The summed E-state index contributed by atoms with van der Waals surface area (Å²) < 4.78 is 125. The first-order chi connectivity index (χ1) is 18.0. The van der Waals surface area contributed by atoms with Gasteiger partial charge in [-0.15, -0.1) is 14.5 Å². The van der Waals surface area contributed by atoms with E-state index in [9.17, 15) is 26.3 Å². The van der Waals surface area contributed by atoms with Crippen LogP contribution in [-0.2, 0) is 48.4 Å². The van der Waals surface area contributed by atoms with Crippen molar-refractivity contribution in [2.75, 3.05) is 0 Å². The van der Waals surface area contributed by atoms with Gasteiger partial charge < -0.3 is 9.11 Å². The molecule has 0 aliphatic heterocycles. The van der Waals surface area contributed by atoms with Crippen LogP contribution >= 0.6 is 0 Å². The summed E-state index contributed by atoms with van der Waals surface area (Å²) in [4.78, 5) is 0. The Labute approximate surface area is 221 Å². The van der Waals surface area contributed by atoms with Gasteiger partial charge in [0.2, 0.25) is 5.69 Å². The number of hydrogen-bond donors (Lipinski definition) is 0. The molecular formula is C18H18F6N8O6S2. The van der Waals surface area contributed by atoms with E-state index in [4.69, 9.17) is 31.0 Å². The Morgan fingerprint density at radius 3 is 1.73 bits per heavy atom. The van der Waals surface area contributed by atoms with Gasteiger partial charge in [-0.25, -0.2) is 16.8 Å². The Kier molecular flexibility index (Phi) is 9.24. The first-order valence-corrected chi connectivity index (χ1v) is 13.0. The van der Waals surface area contributed by atoms with Crippen LogP contribution < -0.4 is 9.36 Å².